The van der Waals surface area contributed by atoms with E-state index in [1.54, 1.807) is 60.7 Å². The van der Waals surface area contributed by atoms with Crippen molar-refractivity contribution >= 4 is 153 Å². The second kappa shape index (κ2) is 48.2. The number of fused-ring (bicyclic) bond motifs is 22. The molecular formula is C77H109N19O25S3. The highest BCUT2D eigenvalue weighted by atomic mass is 32.2. The maximum atomic E-state index is 15.8. The molecule has 6 bridgehead atoms. The Kier molecular flexibility index (Phi) is 38.9. The van der Waals surface area contributed by atoms with Crippen LogP contribution in [0.1, 0.15) is 91.2 Å². The van der Waals surface area contributed by atoms with Gasteiger partial charge >= 0.3 is 11.9 Å². The topological polar surface area (TPSA) is 676 Å². The van der Waals surface area contributed by atoms with Gasteiger partial charge in [0.25, 0.3) is 0 Å². The van der Waals surface area contributed by atoms with Crippen molar-refractivity contribution in [1.29, 1.82) is 0 Å². The molecule has 7 rings (SSSR count). The van der Waals surface area contributed by atoms with Crippen molar-refractivity contribution in [3.8, 4) is 0 Å². The average Bonchev–Trinajstić information content (AvgIpc) is 1.84. The first-order valence-corrected chi connectivity index (χ1v) is 43.3. The number of nitrogens with one attached hydrogen (secondary N) is 17. The fraction of sp³-hybridized carbons (Fsp3) is 0.584. The predicted octanol–water partition coefficient (Wildman–Crippen LogP) is -9.86. The summed E-state index contributed by atoms with van der Waals surface area (Å²) in [6.07, 6.45) is -4.32. The Morgan fingerprint density at radius 2 is 0.919 bits per heavy atom. The normalized spacial score (nSPS) is 31.1. The van der Waals surface area contributed by atoms with Gasteiger partial charge in [0, 0.05) is 64.9 Å². The maximum absolute atomic E-state index is 15.8. The maximum Gasteiger partial charge on any atom is 0.335 e. The van der Waals surface area contributed by atoms with E-state index in [0.717, 1.165) is 18.7 Å². The SMILES string of the molecule is CC1CC(=O)C(Cc2ccccc2)NC(=O)C2NC(=O)C(Cc3ccccc3)NC(=O)C3CCCN3C(=O)CNC(=O)C(C)NC(=O)C3CNCCCCC(C(=O)O)NC(=O)C4NC(=O)C(CO)NC(=O)CNC(=O)C(C(O)C(=O)O)NC(=O)C(CSC(C)C(NC(=O)C(CO)NC(=O)C(C)NC(=O)C(N)CSC4C)C(=O)NC(CSC2C)C(=O)N3)NC1=O. The minimum absolute atomic E-state index is 0.0121. The van der Waals surface area contributed by atoms with Gasteiger partial charge < -0.3 is 127 Å². The number of aliphatic hydroxyl groups excluding tert-OH is 3. The predicted molar refractivity (Wildman–Crippen MR) is 444 cm³/mol. The molecule has 0 saturated carbocycles. The molecule has 5 saturated heterocycles. The number of nitrogens with zero attached hydrogens (tertiary/aromatic N) is 1. The van der Waals surface area contributed by atoms with Crippen LogP contribution in [0.3, 0.4) is 0 Å². The van der Waals surface area contributed by atoms with E-state index in [-0.39, 0.29) is 58.0 Å². The summed E-state index contributed by atoms with van der Waals surface area (Å²) < 4.78 is 0. The van der Waals surface area contributed by atoms with Gasteiger partial charge in [-0.05, 0) is 70.0 Å². The number of carboxylic acid groups (broad SMARTS) is 2. The van der Waals surface area contributed by atoms with Crippen molar-refractivity contribution in [1.82, 2.24) is 95.3 Å². The van der Waals surface area contributed by atoms with Gasteiger partial charge in [0.15, 0.2) is 11.9 Å². The highest BCUT2D eigenvalue weighted by Crippen LogP contribution is 2.25. The Morgan fingerprint density at radius 1 is 0.452 bits per heavy atom. The summed E-state index contributed by atoms with van der Waals surface area (Å²) in [5, 5.41) is 90.7. The first kappa shape index (κ1) is 100.0. The van der Waals surface area contributed by atoms with Crippen molar-refractivity contribution in [2.45, 2.75) is 211 Å². The second-order valence-electron chi connectivity index (χ2n) is 30.5. The molecule has 2 aromatic rings. The number of Topliss-reactive ketones (excluding diaryl/α,β-unsaturated/α-hetero) is 1. The van der Waals surface area contributed by atoms with Gasteiger partial charge in [-0.25, -0.2) is 9.59 Å². The van der Waals surface area contributed by atoms with Crippen molar-refractivity contribution < 1.29 is 121 Å². The third-order valence-electron chi connectivity index (χ3n) is 20.9. The van der Waals surface area contributed by atoms with Crippen LogP contribution in [0.2, 0.25) is 0 Å². The molecule has 44 nitrogen and oxygen atoms in total. The van der Waals surface area contributed by atoms with Crippen LogP contribution in [-0.2, 0) is 109 Å². The lowest BCUT2D eigenvalue weighted by Gasteiger charge is -2.32. The molecule has 5 aliphatic rings. The second-order valence-corrected chi connectivity index (χ2v) is 34.7. The van der Waals surface area contributed by atoms with Gasteiger partial charge in [0.2, 0.25) is 100 Å². The quantitative estimate of drug-likeness (QED) is 0.104. The third kappa shape index (κ3) is 29.5. The lowest BCUT2D eigenvalue weighted by atomic mass is 9.94. The standard InChI is InChI=1S/C77H109N19O25S3/c1-35-24-53(99)45(25-41-16-9-7-10-17-41)86-74(116)57-39(5)123-33-50-69(111)88-47(66(108)83-36(2)62(104)81-29-55(101)96-23-15-21-52(96)71(113)87-46(65(107)92-57)26-42-18-11-8-12-19-42)27-79-22-14-13-20-44(76(118)119)85-73(115)56-38(4)122-32-43(78)64(106)82-37(3)63(105)89-49(31-98)68(110)94-58(75(117)91-50)40(6)124-34-51(90-61(35)103)70(112)95-59(60(102)77(120)121)72(114)80-28-54(100)84-48(30-97)67(109)93-56/h7-12,16-19,35-40,43-52,56-60,79,97-98,102H,13-15,20-34,78H2,1-6H3,(H,80,114)(H,81,104)(H,82,106)(H,83,108)(H,84,100)(H,85,115)(H,86,116)(H,87,113)(H,88,111)(H,89,105)(H,90,103)(H,91,117)(H,92,107)(H,93,109)(H,94,110)(H,95,112)(H,118,119)(H,120,121). The number of aliphatic carboxylic acids is 2. The molecule has 0 spiro atoms. The number of rotatable bonds is 9. The highest BCUT2D eigenvalue weighted by molar-refractivity contribution is 8.00. The van der Waals surface area contributed by atoms with E-state index in [1.165, 1.54) is 39.5 Å². The minimum Gasteiger partial charge on any atom is -0.480 e. The Hall–Kier alpha value is -11.1. The Morgan fingerprint density at radius 3 is 1.48 bits per heavy atom. The number of thioether (sulfide) groups is 3. The number of hydrogen-bond donors (Lipinski definition) is 23. The Bertz CT molecular complexity index is 4240. The molecule has 124 heavy (non-hydrogen) atoms. The van der Waals surface area contributed by atoms with Crippen LogP contribution < -0.4 is 96.1 Å². The molecule has 0 aliphatic carbocycles. The van der Waals surface area contributed by atoms with Crippen LogP contribution >= 0.6 is 35.3 Å². The van der Waals surface area contributed by atoms with Crippen molar-refractivity contribution in [2.24, 2.45) is 11.7 Å². The number of nitrogens with two attached hydrogens (primary N) is 1. The number of carbonyl (C=O) groups is 20. The molecule has 24 N–H and O–H groups in total. The molecule has 5 aliphatic heterocycles. The van der Waals surface area contributed by atoms with Gasteiger partial charge in [0.05, 0.1) is 38.4 Å². The molecule has 17 amide bonds. The van der Waals surface area contributed by atoms with E-state index < -0.39 is 299 Å². The number of carbonyl (C=O) groups excluding carboxylic acids is 18. The van der Waals surface area contributed by atoms with E-state index in [4.69, 9.17) is 5.73 Å². The van der Waals surface area contributed by atoms with Gasteiger partial charge in [-0.1, -0.05) is 88.4 Å². The van der Waals surface area contributed by atoms with Crippen LogP contribution in [0, 0.1) is 5.92 Å². The summed E-state index contributed by atoms with van der Waals surface area (Å²) in [4.78, 5) is 291. The smallest absolute Gasteiger partial charge is 0.335 e. The number of aliphatic hydroxyl groups is 3. The number of hydrogen-bond acceptors (Lipinski definition) is 28. The molecule has 680 valence electrons. The molecule has 5 heterocycles. The molecule has 21 unspecified atom stereocenters. The van der Waals surface area contributed by atoms with Crippen molar-refractivity contribution in [3.63, 3.8) is 0 Å². The number of carboxylic acids is 2. The molecule has 0 radical (unpaired) electrons. The average molecular weight is 1800 g/mol. The summed E-state index contributed by atoms with van der Waals surface area (Å²) in [5.41, 5.74) is 7.22. The molecule has 5 fully saturated rings. The Labute approximate surface area is 724 Å². The van der Waals surface area contributed by atoms with E-state index in [0.29, 0.717) is 34.7 Å². The lowest BCUT2D eigenvalue weighted by Crippen LogP contribution is -2.63. The van der Waals surface area contributed by atoms with Gasteiger partial charge in [-0.15, -0.1) is 0 Å². The van der Waals surface area contributed by atoms with Gasteiger partial charge in [-0.3, -0.25) is 86.3 Å². The summed E-state index contributed by atoms with van der Waals surface area (Å²) in [7, 11) is 0. The highest BCUT2D eigenvalue weighted by Gasteiger charge is 2.44. The summed E-state index contributed by atoms with van der Waals surface area (Å²) in [6, 6.07) is -13.2. The van der Waals surface area contributed by atoms with Crippen LogP contribution in [0.5, 0.6) is 0 Å². The fourth-order valence-electron chi connectivity index (χ4n) is 13.5. The molecule has 0 aromatic heterocycles. The number of amides is 17. The fourth-order valence-corrected chi connectivity index (χ4v) is 16.8. The van der Waals surface area contributed by atoms with Crippen molar-refractivity contribution in [3.05, 3.63) is 71.8 Å². The number of ketones is 1. The zero-order valence-corrected chi connectivity index (χ0v) is 71.2. The summed E-state index contributed by atoms with van der Waals surface area (Å²) in [5.74, 6) is -28.5. The van der Waals surface area contributed by atoms with E-state index in [9.17, 15) is 92.7 Å². The van der Waals surface area contributed by atoms with Crippen LogP contribution in [0.25, 0.3) is 0 Å². The van der Waals surface area contributed by atoms with Crippen molar-refractivity contribution in [2.75, 3.05) is 63.2 Å². The molecule has 21 atom stereocenters. The zero-order valence-electron chi connectivity index (χ0n) is 68.8. The van der Waals surface area contributed by atoms with E-state index >= 15 is 28.8 Å². The summed E-state index contributed by atoms with van der Waals surface area (Å²) >= 11 is 1.96. The van der Waals surface area contributed by atoms with Gasteiger partial charge in [0.1, 0.15) is 84.6 Å². The summed E-state index contributed by atoms with van der Waals surface area (Å²) in [6.45, 7) is 2.32. The number of benzene rings is 2. The van der Waals surface area contributed by atoms with Gasteiger partial charge in [-0.2, -0.15) is 35.3 Å². The van der Waals surface area contributed by atoms with Crippen LogP contribution in [-0.4, -0.2) is 330 Å². The first-order valence-electron chi connectivity index (χ1n) is 40.2. The first-order chi connectivity index (χ1) is 58.8. The largest absolute Gasteiger partial charge is 0.480 e. The monoisotopic (exact) mass is 1800 g/mol. The van der Waals surface area contributed by atoms with E-state index in [2.05, 4.69) is 79.8 Å². The minimum atomic E-state index is -2.92. The van der Waals surface area contributed by atoms with E-state index in [1.807, 2.05) is 10.6 Å². The van der Waals surface area contributed by atoms with Crippen LogP contribution in [0.4, 0.5) is 0 Å². The third-order valence-corrected chi connectivity index (χ3v) is 24.9. The molecular weight excluding hydrogens is 1690 g/mol. The lowest BCUT2D eigenvalue weighted by molar-refractivity contribution is -0.152. The van der Waals surface area contributed by atoms with Crippen LogP contribution in [0.15, 0.2) is 60.7 Å². The Balaban J connectivity index is 1.49. The molecule has 47 heteroatoms. The molecule has 2 aromatic carbocycles. The zero-order chi connectivity index (χ0) is 91.3.